The van der Waals surface area contributed by atoms with Crippen LogP contribution in [0.1, 0.15) is 5.89 Å². The van der Waals surface area contributed by atoms with E-state index in [1.54, 1.807) is 0 Å². The summed E-state index contributed by atoms with van der Waals surface area (Å²) < 4.78 is 9.04. The molecule has 2 aromatic heterocycles. The van der Waals surface area contributed by atoms with Gasteiger partial charge in [0.05, 0.1) is 0 Å². The molecule has 0 saturated heterocycles. The topological polar surface area (TPSA) is 219 Å². The standard InChI is InChI=1S/C7H6N8O8/c1-3-9-6(11-22-3)4-5(12-23-10-4)8-2-7(13(16)17,14(18)19)15(20)21/h2H2,1H3,(H,8,12). The smallest absolute Gasteiger partial charge is 0.345 e. The Labute approximate surface area is 123 Å². The van der Waals surface area contributed by atoms with Gasteiger partial charge in [0, 0.05) is 6.92 Å². The molecule has 0 amide bonds. The van der Waals surface area contributed by atoms with E-state index in [1.807, 2.05) is 0 Å². The Kier molecular flexibility index (Phi) is 3.80. The van der Waals surface area contributed by atoms with Gasteiger partial charge >= 0.3 is 5.79 Å². The van der Waals surface area contributed by atoms with Crippen LogP contribution in [-0.4, -0.2) is 47.6 Å². The van der Waals surface area contributed by atoms with Gasteiger partial charge in [0.1, 0.15) is 0 Å². The largest absolute Gasteiger partial charge is 0.717 e. The van der Waals surface area contributed by atoms with Crippen LogP contribution in [0.3, 0.4) is 0 Å². The molecular formula is C7H6N8O8. The molecule has 0 radical (unpaired) electrons. The van der Waals surface area contributed by atoms with E-state index < -0.39 is 27.1 Å². The molecule has 0 spiro atoms. The third kappa shape index (κ3) is 2.59. The molecule has 0 fully saturated rings. The molecule has 23 heavy (non-hydrogen) atoms. The number of nitrogens with zero attached hydrogens (tertiary/aromatic N) is 7. The third-order valence-corrected chi connectivity index (χ3v) is 2.60. The van der Waals surface area contributed by atoms with Crippen molar-refractivity contribution in [3.63, 3.8) is 0 Å². The van der Waals surface area contributed by atoms with Crippen molar-refractivity contribution < 1.29 is 23.9 Å². The highest BCUT2D eigenvalue weighted by Crippen LogP contribution is 2.22. The Balaban J connectivity index is 2.30. The molecule has 16 nitrogen and oxygen atoms in total. The molecule has 1 N–H and O–H groups in total. The summed E-state index contributed by atoms with van der Waals surface area (Å²) in [6.07, 6.45) is 0. The SMILES string of the molecule is Cc1nc(-c2nonc2NCC([N+](=O)[O-])([N+](=O)[O-])[N+](=O)[O-])no1. The average Bonchev–Trinajstić information content (AvgIpc) is 3.06. The first-order valence-corrected chi connectivity index (χ1v) is 5.59. The molecule has 2 heterocycles. The first kappa shape index (κ1) is 15.7. The molecule has 0 aromatic carbocycles. The number of aryl methyl sites for hydroxylation is 1. The summed E-state index contributed by atoms with van der Waals surface area (Å²) in [4.78, 5) is 31.3. The first-order valence-electron chi connectivity index (χ1n) is 5.59. The predicted molar refractivity (Wildman–Crippen MR) is 64.5 cm³/mol. The zero-order valence-corrected chi connectivity index (χ0v) is 11.1. The van der Waals surface area contributed by atoms with Crippen molar-refractivity contribution in [1.82, 2.24) is 20.5 Å². The Morgan fingerprint density at radius 2 is 1.70 bits per heavy atom. The molecule has 0 bridgehead atoms. The van der Waals surface area contributed by atoms with Gasteiger partial charge in [0.2, 0.25) is 24.1 Å². The number of nitrogens with one attached hydrogen (secondary N) is 1. The number of hydrogen-bond acceptors (Lipinski definition) is 13. The van der Waals surface area contributed by atoms with Crippen molar-refractivity contribution in [2.24, 2.45) is 0 Å². The summed E-state index contributed by atoms with van der Waals surface area (Å²) in [6, 6.07) is 0. The van der Waals surface area contributed by atoms with Crippen LogP contribution in [0.15, 0.2) is 9.15 Å². The lowest BCUT2D eigenvalue weighted by atomic mass is 10.3. The van der Waals surface area contributed by atoms with Gasteiger partial charge in [-0.3, -0.25) is 30.3 Å². The molecule has 2 aromatic rings. The lowest BCUT2D eigenvalue weighted by Crippen LogP contribution is -2.58. The van der Waals surface area contributed by atoms with Crippen LogP contribution >= 0.6 is 0 Å². The second-order valence-corrected chi connectivity index (χ2v) is 4.00. The van der Waals surface area contributed by atoms with E-state index in [1.165, 1.54) is 6.92 Å². The van der Waals surface area contributed by atoms with Crippen LogP contribution < -0.4 is 5.32 Å². The van der Waals surface area contributed by atoms with Crippen molar-refractivity contribution in [3.05, 3.63) is 36.2 Å². The molecule has 0 atom stereocenters. The lowest BCUT2D eigenvalue weighted by Gasteiger charge is -2.09. The highest BCUT2D eigenvalue weighted by molar-refractivity contribution is 5.64. The zero-order chi connectivity index (χ0) is 17.2. The van der Waals surface area contributed by atoms with Crippen LogP contribution in [0.25, 0.3) is 11.5 Å². The quantitative estimate of drug-likeness (QED) is 0.378. The summed E-state index contributed by atoms with van der Waals surface area (Å²) in [5, 5.41) is 44.7. The minimum atomic E-state index is -3.70. The van der Waals surface area contributed by atoms with Gasteiger partial charge in [-0.05, 0) is 10.3 Å². The minimum absolute atomic E-state index is 0.125. The van der Waals surface area contributed by atoms with E-state index in [0.29, 0.717) is 0 Å². The van der Waals surface area contributed by atoms with Crippen LogP contribution in [0.5, 0.6) is 0 Å². The molecule has 0 saturated carbocycles. The summed E-state index contributed by atoms with van der Waals surface area (Å²) in [5.74, 6) is -4.03. The average molecular weight is 330 g/mol. The van der Waals surface area contributed by atoms with Crippen molar-refractivity contribution in [2.45, 2.75) is 12.7 Å². The van der Waals surface area contributed by atoms with Gasteiger partial charge in [-0.25, -0.2) is 4.63 Å². The van der Waals surface area contributed by atoms with Crippen molar-refractivity contribution in [2.75, 3.05) is 11.9 Å². The summed E-state index contributed by atoms with van der Waals surface area (Å²) in [5.41, 5.74) is -0.189. The molecular weight excluding hydrogens is 324 g/mol. The minimum Gasteiger partial charge on any atom is -0.345 e. The van der Waals surface area contributed by atoms with Gasteiger partial charge in [0.25, 0.3) is 0 Å². The second kappa shape index (κ2) is 5.58. The van der Waals surface area contributed by atoms with Gasteiger partial charge in [-0.1, -0.05) is 5.16 Å². The highest BCUT2D eigenvalue weighted by Gasteiger charge is 2.70. The normalized spacial score (nSPS) is 11.2. The maximum Gasteiger partial charge on any atom is 0.717 e. The first-order chi connectivity index (χ1) is 10.8. The molecule has 122 valence electrons. The van der Waals surface area contributed by atoms with E-state index >= 15 is 0 Å². The van der Waals surface area contributed by atoms with Crippen LogP contribution in [0.4, 0.5) is 5.82 Å². The highest BCUT2D eigenvalue weighted by atomic mass is 16.7. The number of anilines is 1. The monoisotopic (exact) mass is 330 g/mol. The molecule has 0 aliphatic rings. The van der Waals surface area contributed by atoms with Crippen molar-refractivity contribution >= 4 is 5.82 Å². The summed E-state index contributed by atoms with van der Waals surface area (Å²) in [7, 11) is 0. The fourth-order valence-electron chi connectivity index (χ4n) is 1.44. The second-order valence-electron chi connectivity index (χ2n) is 4.00. The third-order valence-electron chi connectivity index (χ3n) is 2.60. The van der Waals surface area contributed by atoms with E-state index in [0.717, 1.165) is 0 Å². The van der Waals surface area contributed by atoms with E-state index in [-0.39, 0.29) is 23.2 Å². The van der Waals surface area contributed by atoms with Gasteiger partial charge in [0.15, 0.2) is 20.5 Å². The van der Waals surface area contributed by atoms with Gasteiger partial charge in [-0.2, -0.15) is 4.98 Å². The van der Waals surface area contributed by atoms with E-state index in [4.69, 9.17) is 0 Å². The van der Waals surface area contributed by atoms with Crippen LogP contribution in [0, 0.1) is 37.3 Å². The molecule has 0 unspecified atom stereocenters. The maximum absolute atomic E-state index is 10.8. The number of hydrogen-bond donors (Lipinski definition) is 1. The molecule has 16 heteroatoms. The van der Waals surface area contributed by atoms with Crippen LogP contribution in [-0.2, 0) is 0 Å². The molecule has 0 aliphatic carbocycles. The van der Waals surface area contributed by atoms with E-state index in [2.05, 4.69) is 34.9 Å². The van der Waals surface area contributed by atoms with E-state index in [9.17, 15) is 30.3 Å². The Hall–Kier alpha value is -3.72. The van der Waals surface area contributed by atoms with Crippen LogP contribution in [0.2, 0.25) is 0 Å². The lowest BCUT2D eigenvalue weighted by molar-refractivity contribution is -0.965. The number of nitro groups is 3. The number of aromatic nitrogens is 4. The van der Waals surface area contributed by atoms with Crippen molar-refractivity contribution in [1.29, 1.82) is 0 Å². The Morgan fingerprint density at radius 3 is 2.17 bits per heavy atom. The maximum atomic E-state index is 10.8. The Bertz CT molecular complexity index is 730. The van der Waals surface area contributed by atoms with Gasteiger partial charge in [-0.15, -0.1) is 0 Å². The number of rotatable bonds is 7. The van der Waals surface area contributed by atoms with Gasteiger partial charge < -0.3 is 9.84 Å². The predicted octanol–water partition coefficient (Wildman–Crippen LogP) is -0.676. The summed E-state index contributed by atoms with van der Waals surface area (Å²) >= 11 is 0. The fourth-order valence-corrected chi connectivity index (χ4v) is 1.44. The zero-order valence-electron chi connectivity index (χ0n) is 11.1. The fraction of sp³-hybridized carbons (Fsp3) is 0.429. The summed E-state index contributed by atoms with van der Waals surface area (Å²) in [6.45, 7) is 0.145. The van der Waals surface area contributed by atoms with Crippen molar-refractivity contribution in [3.8, 4) is 11.5 Å². The Morgan fingerprint density at radius 1 is 1.09 bits per heavy atom. The molecule has 2 rings (SSSR count). The molecule has 0 aliphatic heterocycles.